The van der Waals surface area contributed by atoms with Gasteiger partial charge in [0.15, 0.2) is 5.78 Å². The standard InChI is InChI=1S/C15H21NO2/c1-10(2)11-4-5-13(14(8-11)18-3)15(17)12-6-7-16-9-12/h4-5,8,10,12,16H,6-7,9H2,1-3H3. The van der Waals surface area contributed by atoms with Crippen molar-refractivity contribution in [3.05, 3.63) is 29.3 Å². The molecule has 1 aliphatic rings. The number of ether oxygens (including phenoxy) is 1. The molecule has 1 fully saturated rings. The van der Waals surface area contributed by atoms with E-state index in [4.69, 9.17) is 4.74 Å². The van der Waals surface area contributed by atoms with Gasteiger partial charge in [-0.25, -0.2) is 0 Å². The van der Waals surface area contributed by atoms with E-state index in [1.807, 2.05) is 18.2 Å². The Bertz CT molecular complexity index is 434. The summed E-state index contributed by atoms with van der Waals surface area (Å²) in [5.74, 6) is 1.45. The summed E-state index contributed by atoms with van der Waals surface area (Å²) in [7, 11) is 1.63. The molecule has 1 aromatic carbocycles. The number of Topliss-reactive ketones (excluding diaryl/α,β-unsaturated/α-hetero) is 1. The van der Waals surface area contributed by atoms with Crippen molar-refractivity contribution in [1.82, 2.24) is 5.32 Å². The second-order valence-electron chi connectivity index (χ2n) is 5.17. The van der Waals surface area contributed by atoms with E-state index in [1.165, 1.54) is 5.56 Å². The van der Waals surface area contributed by atoms with E-state index in [1.54, 1.807) is 7.11 Å². The number of benzene rings is 1. The molecule has 3 nitrogen and oxygen atoms in total. The van der Waals surface area contributed by atoms with Gasteiger partial charge in [0.25, 0.3) is 0 Å². The maximum atomic E-state index is 12.4. The van der Waals surface area contributed by atoms with Crippen LogP contribution in [0.25, 0.3) is 0 Å². The predicted octanol–water partition coefficient (Wildman–Crippen LogP) is 2.61. The van der Waals surface area contributed by atoms with Gasteiger partial charge in [0.05, 0.1) is 12.7 Å². The van der Waals surface area contributed by atoms with Crippen molar-refractivity contribution in [2.45, 2.75) is 26.2 Å². The van der Waals surface area contributed by atoms with Crippen molar-refractivity contribution >= 4 is 5.78 Å². The molecule has 18 heavy (non-hydrogen) atoms. The molecular weight excluding hydrogens is 226 g/mol. The molecule has 0 amide bonds. The first-order chi connectivity index (χ1) is 8.63. The van der Waals surface area contributed by atoms with Crippen LogP contribution in [0.5, 0.6) is 5.75 Å². The van der Waals surface area contributed by atoms with E-state index >= 15 is 0 Å². The lowest BCUT2D eigenvalue weighted by atomic mass is 9.93. The molecule has 1 N–H and O–H groups in total. The second kappa shape index (κ2) is 5.53. The van der Waals surface area contributed by atoms with Crippen LogP contribution in [0, 0.1) is 5.92 Å². The summed E-state index contributed by atoms with van der Waals surface area (Å²) in [5.41, 5.74) is 1.92. The Balaban J connectivity index is 2.29. The molecule has 1 aromatic rings. The fourth-order valence-corrected chi connectivity index (χ4v) is 2.37. The highest BCUT2D eigenvalue weighted by molar-refractivity contribution is 6.00. The minimum atomic E-state index is 0.101. The van der Waals surface area contributed by atoms with E-state index in [2.05, 4.69) is 19.2 Å². The van der Waals surface area contributed by atoms with Gasteiger partial charge in [0.1, 0.15) is 5.75 Å². The average molecular weight is 247 g/mol. The molecule has 1 unspecified atom stereocenters. The molecule has 1 heterocycles. The van der Waals surface area contributed by atoms with Gasteiger partial charge in [-0.05, 0) is 36.6 Å². The van der Waals surface area contributed by atoms with Crippen LogP contribution in [-0.4, -0.2) is 26.0 Å². The maximum absolute atomic E-state index is 12.4. The lowest BCUT2D eigenvalue weighted by molar-refractivity contribution is 0.0927. The Kier molecular flexibility index (Phi) is 4.02. The summed E-state index contributed by atoms with van der Waals surface area (Å²) >= 11 is 0. The number of carbonyl (C=O) groups is 1. The van der Waals surface area contributed by atoms with Crippen LogP contribution >= 0.6 is 0 Å². The van der Waals surface area contributed by atoms with Crippen LogP contribution in [0.15, 0.2) is 18.2 Å². The van der Waals surface area contributed by atoms with Crippen molar-refractivity contribution in [3.8, 4) is 5.75 Å². The Morgan fingerprint density at radius 3 is 2.78 bits per heavy atom. The third-order valence-electron chi connectivity index (χ3n) is 3.59. The number of carbonyl (C=O) groups excluding carboxylic acids is 1. The molecular formula is C15H21NO2. The second-order valence-corrected chi connectivity index (χ2v) is 5.17. The van der Waals surface area contributed by atoms with Crippen molar-refractivity contribution in [2.75, 3.05) is 20.2 Å². The topological polar surface area (TPSA) is 38.3 Å². The van der Waals surface area contributed by atoms with Gasteiger partial charge in [-0.2, -0.15) is 0 Å². The van der Waals surface area contributed by atoms with Crippen LogP contribution in [-0.2, 0) is 0 Å². The summed E-state index contributed by atoms with van der Waals surface area (Å²) in [5, 5.41) is 3.23. The summed E-state index contributed by atoms with van der Waals surface area (Å²) in [4.78, 5) is 12.4. The van der Waals surface area contributed by atoms with Crippen LogP contribution in [0.2, 0.25) is 0 Å². The average Bonchev–Trinajstić information content (AvgIpc) is 2.90. The highest BCUT2D eigenvalue weighted by Crippen LogP contribution is 2.27. The van der Waals surface area contributed by atoms with E-state index in [0.29, 0.717) is 11.7 Å². The fraction of sp³-hybridized carbons (Fsp3) is 0.533. The van der Waals surface area contributed by atoms with E-state index in [0.717, 1.165) is 25.1 Å². The molecule has 3 heteroatoms. The Labute approximate surface area is 109 Å². The summed E-state index contributed by atoms with van der Waals surface area (Å²) in [6.45, 7) is 5.99. The molecule has 2 rings (SSSR count). The molecule has 0 saturated carbocycles. The minimum Gasteiger partial charge on any atom is -0.496 e. The Morgan fingerprint density at radius 2 is 2.22 bits per heavy atom. The Morgan fingerprint density at radius 1 is 1.44 bits per heavy atom. The number of nitrogens with one attached hydrogen (secondary N) is 1. The quantitative estimate of drug-likeness (QED) is 0.831. The van der Waals surface area contributed by atoms with Crippen LogP contribution in [0.1, 0.15) is 42.1 Å². The third kappa shape index (κ3) is 2.56. The van der Waals surface area contributed by atoms with Crippen molar-refractivity contribution in [1.29, 1.82) is 0 Å². The highest BCUT2D eigenvalue weighted by atomic mass is 16.5. The zero-order valence-corrected chi connectivity index (χ0v) is 11.3. The third-order valence-corrected chi connectivity index (χ3v) is 3.59. The van der Waals surface area contributed by atoms with E-state index in [-0.39, 0.29) is 11.7 Å². The number of ketones is 1. The first kappa shape index (κ1) is 13.1. The zero-order chi connectivity index (χ0) is 13.1. The van der Waals surface area contributed by atoms with Crippen molar-refractivity contribution in [2.24, 2.45) is 5.92 Å². The smallest absolute Gasteiger partial charge is 0.170 e. The van der Waals surface area contributed by atoms with Crippen LogP contribution in [0.3, 0.4) is 0 Å². The molecule has 1 aliphatic heterocycles. The summed E-state index contributed by atoms with van der Waals surface area (Å²) < 4.78 is 5.38. The highest BCUT2D eigenvalue weighted by Gasteiger charge is 2.26. The van der Waals surface area contributed by atoms with Gasteiger partial charge in [0, 0.05) is 12.5 Å². The molecule has 98 valence electrons. The minimum absolute atomic E-state index is 0.101. The molecule has 1 atom stereocenters. The SMILES string of the molecule is COc1cc(C(C)C)ccc1C(=O)C1CCNC1. The largest absolute Gasteiger partial charge is 0.496 e. The van der Waals surface area contributed by atoms with Gasteiger partial charge in [-0.15, -0.1) is 0 Å². The predicted molar refractivity (Wildman–Crippen MR) is 72.4 cm³/mol. The van der Waals surface area contributed by atoms with Gasteiger partial charge >= 0.3 is 0 Å². The molecule has 0 radical (unpaired) electrons. The van der Waals surface area contributed by atoms with Crippen molar-refractivity contribution < 1.29 is 9.53 Å². The number of methoxy groups -OCH3 is 1. The zero-order valence-electron chi connectivity index (χ0n) is 11.3. The normalized spacial score (nSPS) is 19.2. The van der Waals surface area contributed by atoms with Gasteiger partial charge < -0.3 is 10.1 Å². The van der Waals surface area contributed by atoms with Gasteiger partial charge in [-0.1, -0.05) is 19.9 Å². The first-order valence-electron chi connectivity index (χ1n) is 6.56. The fourth-order valence-electron chi connectivity index (χ4n) is 2.37. The van der Waals surface area contributed by atoms with Crippen LogP contribution < -0.4 is 10.1 Å². The maximum Gasteiger partial charge on any atom is 0.170 e. The lowest BCUT2D eigenvalue weighted by Gasteiger charge is -2.14. The summed E-state index contributed by atoms with van der Waals surface area (Å²) in [6.07, 6.45) is 0.925. The van der Waals surface area contributed by atoms with E-state index in [9.17, 15) is 4.79 Å². The molecule has 0 bridgehead atoms. The molecule has 0 spiro atoms. The summed E-state index contributed by atoms with van der Waals surface area (Å²) in [6, 6.07) is 5.93. The number of hydrogen-bond acceptors (Lipinski definition) is 3. The van der Waals surface area contributed by atoms with E-state index < -0.39 is 0 Å². The van der Waals surface area contributed by atoms with Crippen LogP contribution in [0.4, 0.5) is 0 Å². The number of rotatable bonds is 4. The van der Waals surface area contributed by atoms with Crippen molar-refractivity contribution in [3.63, 3.8) is 0 Å². The molecule has 0 aromatic heterocycles. The molecule has 1 saturated heterocycles. The Hall–Kier alpha value is -1.35. The first-order valence-corrected chi connectivity index (χ1v) is 6.56. The van der Waals surface area contributed by atoms with Gasteiger partial charge in [-0.3, -0.25) is 4.79 Å². The molecule has 0 aliphatic carbocycles. The monoisotopic (exact) mass is 247 g/mol. The lowest BCUT2D eigenvalue weighted by Crippen LogP contribution is -2.18. The number of hydrogen-bond donors (Lipinski definition) is 1. The van der Waals surface area contributed by atoms with Gasteiger partial charge in [0.2, 0.25) is 0 Å².